The van der Waals surface area contributed by atoms with Gasteiger partial charge in [-0.15, -0.1) is 11.3 Å². The van der Waals surface area contributed by atoms with E-state index in [1.165, 1.54) is 10.4 Å². The predicted molar refractivity (Wildman–Crippen MR) is 55.1 cm³/mol. The average molecular weight is 197 g/mol. The highest BCUT2D eigenvalue weighted by Gasteiger charge is 2.33. The molecule has 0 aliphatic carbocycles. The van der Waals surface area contributed by atoms with Crippen LogP contribution in [0.25, 0.3) is 0 Å². The normalized spacial score (nSPS) is 25.6. The molecule has 3 heteroatoms. The van der Waals surface area contributed by atoms with Crippen molar-refractivity contribution in [2.75, 3.05) is 13.2 Å². The minimum Gasteiger partial charge on any atom is -0.370 e. The van der Waals surface area contributed by atoms with Gasteiger partial charge in [-0.25, -0.2) is 0 Å². The van der Waals surface area contributed by atoms with Gasteiger partial charge in [0.1, 0.15) is 6.10 Å². The number of hydrogen-bond acceptors (Lipinski definition) is 3. The molecule has 0 fully saturated rings. The monoisotopic (exact) mass is 197 g/mol. The van der Waals surface area contributed by atoms with Crippen molar-refractivity contribution in [3.05, 3.63) is 21.9 Å². The lowest BCUT2D eigenvalue weighted by Crippen LogP contribution is -2.33. The summed E-state index contributed by atoms with van der Waals surface area (Å²) >= 11 is 1.76. The van der Waals surface area contributed by atoms with Crippen molar-refractivity contribution in [1.82, 2.24) is 0 Å². The number of nitrogens with two attached hydrogens (primary N) is 1. The molecule has 13 heavy (non-hydrogen) atoms. The fourth-order valence-corrected chi connectivity index (χ4v) is 2.90. The summed E-state index contributed by atoms with van der Waals surface area (Å²) in [5.41, 5.74) is 7.22. The van der Waals surface area contributed by atoms with Crippen molar-refractivity contribution in [3.8, 4) is 0 Å². The zero-order valence-electron chi connectivity index (χ0n) is 8.04. The highest BCUT2D eigenvalue weighted by molar-refractivity contribution is 7.10. The molecular weight excluding hydrogens is 182 g/mol. The van der Waals surface area contributed by atoms with E-state index in [1.54, 1.807) is 11.3 Å². The van der Waals surface area contributed by atoms with E-state index in [-0.39, 0.29) is 11.5 Å². The summed E-state index contributed by atoms with van der Waals surface area (Å²) in [6.45, 7) is 5.79. The van der Waals surface area contributed by atoms with Crippen molar-refractivity contribution in [3.63, 3.8) is 0 Å². The fraction of sp³-hybridized carbons (Fsp3) is 0.600. The quantitative estimate of drug-likeness (QED) is 0.748. The largest absolute Gasteiger partial charge is 0.370 e. The molecule has 1 aliphatic rings. The molecule has 1 aliphatic heterocycles. The number of rotatable bonds is 1. The lowest BCUT2D eigenvalue weighted by Gasteiger charge is -2.34. The second-order valence-corrected chi connectivity index (χ2v) is 5.07. The minimum absolute atomic E-state index is 0.128. The van der Waals surface area contributed by atoms with Gasteiger partial charge in [-0.3, -0.25) is 0 Å². The Labute approximate surface area is 82.7 Å². The van der Waals surface area contributed by atoms with E-state index >= 15 is 0 Å². The molecular formula is C10H15NOS. The third-order valence-corrected chi connectivity index (χ3v) is 3.59. The van der Waals surface area contributed by atoms with Gasteiger partial charge in [0.05, 0.1) is 6.61 Å². The zero-order valence-corrected chi connectivity index (χ0v) is 8.86. The molecule has 0 amide bonds. The number of hydrogen-bond donors (Lipinski definition) is 1. The Balaban J connectivity index is 2.43. The van der Waals surface area contributed by atoms with Gasteiger partial charge in [0, 0.05) is 16.8 Å². The molecule has 0 spiro atoms. The summed E-state index contributed by atoms with van der Waals surface area (Å²) in [5, 5.41) is 2.13. The first kappa shape index (κ1) is 9.19. The molecule has 0 radical (unpaired) electrons. The molecule has 2 heterocycles. The van der Waals surface area contributed by atoms with Crippen molar-refractivity contribution in [1.29, 1.82) is 0 Å². The number of fused-ring (bicyclic) bond motifs is 1. The van der Waals surface area contributed by atoms with Gasteiger partial charge in [-0.1, -0.05) is 13.8 Å². The van der Waals surface area contributed by atoms with E-state index in [0.29, 0.717) is 6.54 Å². The first-order valence-electron chi connectivity index (χ1n) is 4.54. The average Bonchev–Trinajstić information content (AvgIpc) is 2.54. The molecule has 2 nitrogen and oxygen atoms in total. The zero-order chi connectivity index (χ0) is 9.47. The van der Waals surface area contributed by atoms with E-state index in [9.17, 15) is 0 Å². The highest BCUT2D eigenvalue weighted by Crippen LogP contribution is 2.40. The standard InChI is InChI=1S/C10H15NOS/c1-10(2)6-12-8(5-11)9-7(10)3-4-13-9/h3-4,8H,5-6,11H2,1-2H3. The van der Waals surface area contributed by atoms with Crippen LogP contribution in [0, 0.1) is 0 Å². The van der Waals surface area contributed by atoms with Crippen LogP contribution in [0.5, 0.6) is 0 Å². The van der Waals surface area contributed by atoms with Crippen LogP contribution in [0.15, 0.2) is 11.4 Å². The summed E-state index contributed by atoms with van der Waals surface area (Å²) in [6, 6.07) is 2.20. The van der Waals surface area contributed by atoms with Crippen molar-refractivity contribution in [2.24, 2.45) is 5.73 Å². The van der Waals surface area contributed by atoms with Gasteiger partial charge in [0.2, 0.25) is 0 Å². The van der Waals surface area contributed by atoms with Crippen LogP contribution in [-0.2, 0) is 10.2 Å². The van der Waals surface area contributed by atoms with Crippen molar-refractivity contribution < 1.29 is 4.74 Å². The van der Waals surface area contributed by atoms with Gasteiger partial charge in [0.25, 0.3) is 0 Å². The van der Waals surface area contributed by atoms with E-state index in [0.717, 1.165) is 6.61 Å². The second-order valence-electron chi connectivity index (χ2n) is 4.12. The summed E-state index contributed by atoms with van der Waals surface area (Å²) < 4.78 is 5.71. The summed E-state index contributed by atoms with van der Waals surface area (Å²) in [5.74, 6) is 0. The molecule has 72 valence electrons. The first-order valence-corrected chi connectivity index (χ1v) is 5.42. The van der Waals surface area contributed by atoms with Crippen LogP contribution in [0.2, 0.25) is 0 Å². The Kier molecular flexibility index (Phi) is 2.18. The molecule has 1 aromatic rings. The van der Waals surface area contributed by atoms with Crippen LogP contribution in [0.3, 0.4) is 0 Å². The van der Waals surface area contributed by atoms with Crippen LogP contribution in [-0.4, -0.2) is 13.2 Å². The van der Waals surface area contributed by atoms with Crippen LogP contribution >= 0.6 is 11.3 Å². The Bertz CT molecular complexity index is 306. The Hall–Kier alpha value is -0.380. The number of thiophene rings is 1. The summed E-state index contributed by atoms with van der Waals surface area (Å²) in [6.07, 6.45) is 0.128. The summed E-state index contributed by atoms with van der Waals surface area (Å²) in [4.78, 5) is 1.32. The Morgan fingerprint density at radius 1 is 1.69 bits per heavy atom. The topological polar surface area (TPSA) is 35.2 Å². The first-order chi connectivity index (χ1) is 6.15. The van der Waals surface area contributed by atoms with Crippen LogP contribution < -0.4 is 5.73 Å². The van der Waals surface area contributed by atoms with E-state index < -0.39 is 0 Å². The molecule has 0 aromatic carbocycles. The maximum Gasteiger partial charge on any atom is 0.104 e. The van der Waals surface area contributed by atoms with Crippen molar-refractivity contribution >= 4 is 11.3 Å². The van der Waals surface area contributed by atoms with Gasteiger partial charge in [0.15, 0.2) is 0 Å². The van der Waals surface area contributed by atoms with Gasteiger partial charge in [-0.2, -0.15) is 0 Å². The SMILES string of the molecule is CC1(C)COC(CN)c2sccc21. The van der Waals surface area contributed by atoms with Gasteiger partial charge < -0.3 is 10.5 Å². The predicted octanol–water partition coefficient (Wildman–Crippen LogP) is 2.06. The lowest BCUT2D eigenvalue weighted by molar-refractivity contribution is 0.0150. The lowest BCUT2D eigenvalue weighted by atomic mass is 9.83. The van der Waals surface area contributed by atoms with E-state index in [4.69, 9.17) is 10.5 Å². The molecule has 0 saturated heterocycles. The third kappa shape index (κ3) is 1.41. The van der Waals surface area contributed by atoms with E-state index in [1.807, 2.05) is 0 Å². The van der Waals surface area contributed by atoms with E-state index in [2.05, 4.69) is 25.3 Å². The molecule has 0 saturated carbocycles. The fourth-order valence-electron chi connectivity index (χ4n) is 1.77. The van der Waals surface area contributed by atoms with Crippen molar-refractivity contribution in [2.45, 2.75) is 25.4 Å². The molecule has 2 rings (SSSR count). The third-order valence-electron chi connectivity index (χ3n) is 2.58. The minimum atomic E-state index is 0.128. The molecule has 1 atom stereocenters. The Morgan fingerprint density at radius 2 is 2.46 bits per heavy atom. The molecule has 1 unspecified atom stereocenters. The molecule has 1 aromatic heterocycles. The maximum absolute atomic E-state index is 5.71. The number of ether oxygens (including phenoxy) is 1. The molecule has 2 N–H and O–H groups in total. The van der Waals surface area contributed by atoms with Gasteiger partial charge >= 0.3 is 0 Å². The van der Waals surface area contributed by atoms with Crippen LogP contribution in [0.1, 0.15) is 30.4 Å². The maximum atomic E-state index is 5.71. The van der Waals surface area contributed by atoms with Crippen LogP contribution in [0.4, 0.5) is 0 Å². The second kappa shape index (κ2) is 3.08. The molecule has 0 bridgehead atoms. The summed E-state index contributed by atoms with van der Waals surface area (Å²) in [7, 11) is 0. The highest BCUT2D eigenvalue weighted by atomic mass is 32.1. The smallest absolute Gasteiger partial charge is 0.104 e. The Morgan fingerprint density at radius 3 is 3.15 bits per heavy atom. The van der Waals surface area contributed by atoms with Gasteiger partial charge in [-0.05, 0) is 17.0 Å².